The normalized spacial score (nSPS) is 16.5. The van der Waals surface area contributed by atoms with Gasteiger partial charge in [-0.1, -0.05) is 25.1 Å². The van der Waals surface area contributed by atoms with Gasteiger partial charge in [-0.3, -0.25) is 9.59 Å². The Morgan fingerprint density at radius 2 is 1.73 bits per heavy atom. The smallest absolute Gasteiger partial charge is 0.279 e. The quantitative estimate of drug-likeness (QED) is 0.664. The average molecular weight is 407 g/mol. The number of carbonyl (C=O) groups excluding carboxylic acids is 1. The predicted molar refractivity (Wildman–Crippen MR) is 115 cm³/mol. The van der Waals surface area contributed by atoms with Crippen molar-refractivity contribution in [1.29, 1.82) is 0 Å². The van der Waals surface area contributed by atoms with Crippen molar-refractivity contribution in [3.8, 4) is 17.2 Å². The summed E-state index contributed by atoms with van der Waals surface area (Å²) in [6.07, 6.45) is 2.08. The van der Waals surface area contributed by atoms with Gasteiger partial charge in [0, 0.05) is 36.7 Å². The molecular weight excluding hydrogens is 382 g/mol. The summed E-state index contributed by atoms with van der Waals surface area (Å²) < 4.78 is 11.9. The molecule has 30 heavy (non-hydrogen) atoms. The molecule has 0 spiro atoms. The van der Waals surface area contributed by atoms with Gasteiger partial charge in [0.25, 0.3) is 11.5 Å². The van der Waals surface area contributed by atoms with E-state index < -0.39 is 0 Å². The van der Waals surface area contributed by atoms with E-state index in [1.54, 1.807) is 50.6 Å². The monoisotopic (exact) mass is 407 g/mol. The summed E-state index contributed by atoms with van der Waals surface area (Å²) in [6.45, 7) is 3.54. The highest BCUT2D eigenvalue weighted by Crippen LogP contribution is 2.26. The highest BCUT2D eigenvalue weighted by atomic mass is 16.5. The number of benzene rings is 2. The molecule has 7 nitrogen and oxygen atoms in total. The summed E-state index contributed by atoms with van der Waals surface area (Å²) in [7, 11) is 3.09. The number of piperidine rings is 1. The van der Waals surface area contributed by atoms with Crippen LogP contribution in [0.1, 0.15) is 30.3 Å². The van der Waals surface area contributed by atoms with Crippen LogP contribution in [0.3, 0.4) is 0 Å². The number of nitrogens with zero attached hydrogens (tertiary/aromatic N) is 3. The number of likely N-dealkylation sites (tertiary alicyclic amines) is 1. The van der Waals surface area contributed by atoms with E-state index in [2.05, 4.69) is 12.0 Å². The van der Waals surface area contributed by atoms with Gasteiger partial charge in [0.1, 0.15) is 11.5 Å². The van der Waals surface area contributed by atoms with Gasteiger partial charge in [-0.25, -0.2) is 0 Å². The molecule has 0 N–H and O–H groups in total. The largest absolute Gasteiger partial charge is 0.497 e. The number of rotatable bonds is 4. The summed E-state index contributed by atoms with van der Waals surface area (Å²) in [4.78, 5) is 28.5. The molecular formula is C23H25N3O4. The number of aromatic nitrogens is 2. The van der Waals surface area contributed by atoms with E-state index in [0.717, 1.165) is 12.8 Å². The number of fused-ring (bicyclic) bond motifs is 1. The Labute approximate surface area is 174 Å². The Bertz CT molecular complexity index is 1130. The van der Waals surface area contributed by atoms with Crippen molar-refractivity contribution in [2.24, 2.45) is 5.92 Å². The lowest BCUT2D eigenvalue weighted by molar-refractivity contribution is 0.0677. The second-order valence-electron chi connectivity index (χ2n) is 7.68. The van der Waals surface area contributed by atoms with Gasteiger partial charge >= 0.3 is 0 Å². The molecule has 2 heterocycles. The molecule has 1 saturated heterocycles. The molecule has 0 bridgehead atoms. The van der Waals surface area contributed by atoms with E-state index in [-0.39, 0.29) is 17.2 Å². The molecule has 1 aliphatic heterocycles. The molecule has 2 aromatic carbocycles. The Kier molecular flexibility index (Phi) is 5.44. The van der Waals surface area contributed by atoms with E-state index in [4.69, 9.17) is 9.47 Å². The summed E-state index contributed by atoms with van der Waals surface area (Å²) in [5, 5.41) is 5.54. The zero-order valence-electron chi connectivity index (χ0n) is 17.4. The number of carbonyl (C=O) groups is 1. The first-order valence-corrected chi connectivity index (χ1v) is 10.1. The van der Waals surface area contributed by atoms with Gasteiger partial charge < -0.3 is 14.4 Å². The molecule has 0 unspecified atom stereocenters. The van der Waals surface area contributed by atoms with E-state index in [1.165, 1.54) is 4.68 Å². The lowest BCUT2D eigenvalue weighted by atomic mass is 9.99. The molecule has 0 saturated carbocycles. The molecule has 0 radical (unpaired) electrons. The lowest BCUT2D eigenvalue weighted by Gasteiger charge is -2.31. The Morgan fingerprint density at radius 3 is 2.37 bits per heavy atom. The molecule has 1 fully saturated rings. The van der Waals surface area contributed by atoms with Crippen molar-refractivity contribution in [3.05, 3.63) is 58.5 Å². The highest BCUT2D eigenvalue weighted by molar-refractivity contribution is 6.04. The third kappa shape index (κ3) is 3.63. The zero-order chi connectivity index (χ0) is 21.3. The van der Waals surface area contributed by atoms with Crippen LogP contribution >= 0.6 is 0 Å². The van der Waals surface area contributed by atoms with Crippen molar-refractivity contribution in [2.75, 3.05) is 27.3 Å². The van der Waals surface area contributed by atoms with Crippen LogP contribution in [-0.2, 0) is 0 Å². The maximum absolute atomic E-state index is 13.4. The minimum atomic E-state index is -0.301. The summed E-state index contributed by atoms with van der Waals surface area (Å²) in [6, 6.07) is 12.2. The van der Waals surface area contributed by atoms with Crippen molar-refractivity contribution in [1.82, 2.24) is 14.7 Å². The van der Waals surface area contributed by atoms with Gasteiger partial charge in [0.15, 0.2) is 5.69 Å². The van der Waals surface area contributed by atoms with Crippen LogP contribution in [0.25, 0.3) is 16.5 Å². The van der Waals surface area contributed by atoms with Crippen molar-refractivity contribution in [2.45, 2.75) is 19.8 Å². The van der Waals surface area contributed by atoms with Gasteiger partial charge in [0.2, 0.25) is 0 Å². The van der Waals surface area contributed by atoms with Gasteiger partial charge in [-0.15, -0.1) is 0 Å². The second kappa shape index (κ2) is 8.18. The zero-order valence-corrected chi connectivity index (χ0v) is 17.4. The topological polar surface area (TPSA) is 73.7 Å². The minimum absolute atomic E-state index is 0.152. The number of hydrogen-bond acceptors (Lipinski definition) is 5. The van der Waals surface area contributed by atoms with Gasteiger partial charge in [-0.05, 0) is 24.8 Å². The SMILES string of the molecule is COc1cc(OC)cc(-n2nc(C(=O)N3CCC[C@@H](C)C3)c3ccccc3c2=O)c1. The number of methoxy groups -OCH3 is 2. The number of amides is 1. The highest BCUT2D eigenvalue weighted by Gasteiger charge is 2.26. The van der Waals surface area contributed by atoms with Crippen LogP contribution < -0.4 is 15.0 Å². The maximum Gasteiger partial charge on any atom is 0.279 e. The summed E-state index contributed by atoms with van der Waals surface area (Å²) in [5.41, 5.74) is 0.452. The van der Waals surface area contributed by atoms with E-state index in [9.17, 15) is 9.59 Å². The Hall–Kier alpha value is -3.35. The predicted octanol–water partition coefficient (Wildman–Crippen LogP) is 3.28. The number of hydrogen-bond donors (Lipinski definition) is 0. The van der Waals surface area contributed by atoms with Crippen molar-refractivity contribution >= 4 is 16.7 Å². The summed E-state index contributed by atoms with van der Waals surface area (Å²) >= 11 is 0. The molecule has 0 aliphatic carbocycles. The fourth-order valence-electron chi connectivity index (χ4n) is 3.96. The van der Waals surface area contributed by atoms with Crippen LogP contribution in [0, 0.1) is 5.92 Å². The minimum Gasteiger partial charge on any atom is -0.497 e. The molecule has 3 aromatic rings. The molecule has 4 rings (SSSR count). The Morgan fingerprint density at radius 1 is 1.07 bits per heavy atom. The van der Waals surface area contributed by atoms with E-state index in [1.807, 2.05) is 11.0 Å². The standard InChI is InChI=1S/C23H25N3O4/c1-15-7-6-10-25(14-15)23(28)21-19-8-4-5-9-20(19)22(27)26(24-21)16-11-17(29-2)13-18(12-16)30-3/h4-5,8-9,11-13,15H,6-7,10,14H2,1-3H3/t15-/m1/s1. The average Bonchev–Trinajstić information content (AvgIpc) is 2.78. The molecule has 1 amide bonds. The fourth-order valence-corrected chi connectivity index (χ4v) is 3.96. The van der Waals surface area contributed by atoms with Gasteiger partial charge in [-0.2, -0.15) is 9.78 Å². The van der Waals surface area contributed by atoms with Crippen LogP contribution in [0.15, 0.2) is 47.3 Å². The van der Waals surface area contributed by atoms with E-state index in [0.29, 0.717) is 47.0 Å². The molecule has 1 aliphatic rings. The van der Waals surface area contributed by atoms with Crippen LogP contribution in [0.5, 0.6) is 11.5 Å². The van der Waals surface area contributed by atoms with Crippen LogP contribution in [0.4, 0.5) is 0 Å². The Balaban J connectivity index is 1.91. The third-order valence-corrected chi connectivity index (χ3v) is 5.53. The summed E-state index contributed by atoms with van der Waals surface area (Å²) in [5.74, 6) is 1.36. The third-order valence-electron chi connectivity index (χ3n) is 5.53. The van der Waals surface area contributed by atoms with Crippen LogP contribution in [0.2, 0.25) is 0 Å². The lowest BCUT2D eigenvalue weighted by Crippen LogP contribution is -2.40. The first kappa shape index (κ1) is 19.9. The van der Waals surface area contributed by atoms with Gasteiger partial charge in [0.05, 0.1) is 25.3 Å². The van der Waals surface area contributed by atoms with E-state index >= 15 is 0 Å². The van der Waals surface area contributed by atoms with Crippen molar-refractivity contribution < 1.29 is 14.3 Å². The van der Waals surface area contributed by atoms with Crippen molar-refractivity contribution in [3.63, 3.8) is 0 Å². The molecule has 156 valence electrons. The first-order valence-electron chi connectivity index (χ1n) is 10.1. The maximum atomic E-state index is 13.4. The second-order valence-corrected chi connectivity index (χ2v) is 7.68. The first-order chi connectivity index (χ1) is 14.5. The van der Waals surface area contributed by atoms with Crippen LogP contribution in [-0.4, -0.2) is 47.9 Å². The molecule has 1 atom stereocenters. The number of ether oxygens (including phenoxy) is 2. The fraction of sp³-hybridized carbons (Fsp3) is 0.348. The molecule has 1 aromatic heterocycles. The molecule has 7 heteroatoms.